The van der Waals surface area contributed by atoms with Crippen LogP contribution in [0.15, 0.2) is 48.8 Å². The van der Waals surface area contributed by atoms with Crippen LogP contribution in [-0.2, 0) is 11.2 Å². The van der Waals surface area contributed by atoms with E-state index in [1.165, 1.54) is 5.56 Å². The molecule has 178 valence electrons. The number of fused-ring (bicyclic) bond motifs is 2. The molecule has 0 unspecified atom stereocenters. The Morgan fingerprint density at radius 3 is 2.80 bits per heavy atom. The van der Waals surface area contributed by atoms with Crippen LogP contribution in [0.4, 0.5) is 5.82 Å². The summed E-state index contributed by atoms with van der Waals surface area (Å²) in [4.78, 5) is 28.2. The maximum absolute atomic E-state index is 11.0. The van der Waals surface area contributed by atoms with Crippen molar-refractivity contribution < 1.29 is 9.53 Å². The number of ether oxygens (including phenoxy) is 1. The molecule has 1 aliphatic rings. The molecule has 3 aromatic heterocycles. The van der Waals surface area contributed by atoms with E-state index in [0.717, 1.165) is 73.2 Å². The maximum Gasteiger partial charge on any atom is 0.255 e. The molecule has 0 saturated carbocycles. The lowest BCUT2D eigenvalue weighted by molar-refractivity contribution is -0.120. The highest BCUT2D eigenvalue weighted by Gasteiger charge is 2.20. The van der Waals surface area contributed by atoms with Crippen molar-refractivity contribution >= 4 is 33.5 Å². The molecule has 0 spiro atoms. The molecule has 1 amide bonds. The Kier molecular flexibility index (Phi) is 6.46. The average Bonchev–Trinajstić information content (AvgIpc) is 3.29. The van der Waals surface area contributed by atoms with Crippen molar-refractivity contribution in [2.24, 2.45) is 5.73 Å². The van der Waals surface area contributed by atoms with E-state index in [2.05, 4.69) is 37.0 Å². The van der Waals surface area contributed by atoms with Gasteiger partial charge in [0.1, 0.15) is 5.82 Å². The molecule has 1 fully saturated rings. The molecule has 0 atom stereocenters. The van der Waals surface area contributed by atoms with Gasteiger partial charge in [0.2, 0.25) is 5.88 Å². The van der Waals surface area contributed by atoms with Gasteiger partial charge in [-0.05, 0) is 55.3 Å². The quantitative estimate of drug-likeness (QED) is 0.406. The number of H-pyrrole nitrogens is 1. The summed E-state index contributed by atoms with van der Waals surface area (Å²) in [7, 11) is 0. The summed E-state index contributed by atoms with van der Waals surface area (Å²) >= 11 is 0. The van der Waals surface area contributed by atoms with Crippen LogP contribution in [0.1, 0.15) is 17.5 Å². The summed E-state index contributed by atoms with van der Waals surface area (Å²) in [6, 6.07) is 13.5. The SMILES string of the molecule is N#Cc1ccc2[nH]cc(CCCN3CCN(c4nccc5nc(OCC(N)=O)ccc45)CC3)c2c1. The number of hydrogen-bond donors (Lipinski definition) is 2. The average molecular weight is 470 g/mol. The number of nitriles is 1. The highest BCUT2D eigenvalue weighted by atomic mass is 16.5. The van der Waals surface area contributed by atoms with Crippen LogP contribution < -0.4 is 15.4 Å². The van der Waals surface area contributed by atoms with E-state index in [9.17, 15) is 10.1 Å². The Bertz CT molecular complexity index is 1400. The van der Waals surface area contributed by atoms with E-state index in [1.54, 1.807) is 12.3 Å². The number of anilines is 1. The molecule has 0 bridgehead atoms. The second-order valence-corrected chi connectivity index (χ2v) is 8.72. The molecule has 5 rings (SSSR count). The first-order valence-electron chi connectivity index (χ1n) is 11.7. The molecule has 4 heterocycles. The van der Waals surface area contributed by atoms with Gasteiger partial charge in [-0.3, -0.25) is 9.69 Å². The number of nitrogens with zero attached hydrogens (tertiary/aromatic N) is 5. The van der Waals surface area contributed by atoms with Gasteiger partial charge < -0.3 is 20.4 Å². The number of nitrogens with two attached hydrogens (primary N) is 1. The van der Waals surface area contributed by atoms with E-state index < -0.39 is 5.91 Å². The molecule has 1 aromatic carbocycles. The van der Waals surface area contributed by atoms with Crippen molar-refractivity contribution in [3.63, 3.8) is 0 Å². The summed E-state index contributed by atoms with van der Waals surface area (Å²) in [5.41, 5.74) is 8.97. The minimum Gasteiger partial charge on any atom is -0.468 e. The summed E-state index contributed by atoms with van der Waals surface area (Å²) in [5.74, 6) is 0.760. The van der Waals surface area contributed by atoms with Gasteiger partial charge >= 0.3 is 0 Å². The fourth-order valence-corrected chi connectivity index (χ4v) is 4.63. The van der Waals surface area contributed by atoms with Gasteiger partial charge in [-0.15, -0.1) is 0 Å². The van der Waals surface area contributed by atoms with Crippen LogP contribution in [0.25, 0.3) is 21.8 Å². The van der Waals surface area contributed by atoms with Crippen LogP contribution in [0.5, 0.6) is 5.88 Å². The first kappa shape index (κ1) is 22.6. The van der Waals surface area contributed by atoms with Gasteiger partial charge in [0, 0.05) is 60.9 Å². The molecule has 1 aliphatic heterocycles. The predicted molar refractivity (Wildman–Crippen MR) is 134 cm³/mol. The van der Waals surface area contributed by atoms with Gasteiger partial charge in [-0.1, -0.05) is 0 Å². The van der Waals surface area contributed by atoms with Crippen LogP contribution >= 0.6 is 0 Å². The van der Waals surface area contributed by atoms with Gasteiger partial charge in [0.05, 0.1) is 17.1 Å². The normalized spacial score (nSPS) is 14.3. The standard InChI is InChI=1S/C26H27N7O2/c27-15-18-3-5-22-21(14-18)19(16-30-22)2-1-9-32-10-12-33(13-11-32)26-20-4-6-25(35-17-24(28)34)31-23(20)7-8-29-26/h3-8,14,16,30H,1-2,9-13,17H2,(H2,28,34). The second-order valence-electron chi connectivity index (χ2n) is 8.72. The van der Waals surface area contributed by atoms with E-state index in [-0.39, 0.29) is 6.61 Å². The zero-order chi connectivity index (χ0) is 24.2. The number of benzene rings is 1. The molecule has 0 radical (unpaired) electrons. The summed E-state index contributed by atoms with van der Waals surface area (Å²) in [5, 5.41) is 11.3. The third-order valence-corrected chi connectivity index (χ3v) is 6.42. The lowest BCUT2D eigenvalue weighted by Gasteiger charge is -2.35. The fourth-order valence-electron chi connectivity index (χ4n) is 4.63. The number of pyridine rings is 2. The van der Waals surface area contributed by atoms with Crippen molar-refractivity contribution in [2.45, 2.75) is 12.8 Å². The Morgan fingerprint density at radius 2 is 2.00 bits per heavy atom. The Labute approximate surface area is 203 Å². The van der Waals surface area contributed by atoms with Crippen LogP contribution in [0.2, 0.25) is 0 Å². The number of piperazine rings is 1. The predicted octanol–water partition coefficient (Wildman–Crippen LogP) is 2.60. The number of aryl methyl sites for hydroxylation is 1. The number of aromatic nitrogens is 3. The molecular weight excluding hydrogens is 442 g/mol. The van der Waals surface area contributed by atoms with E-state index in [4.69, 9.17) is 10.5 Å². The monoisotopic (exact) mass is 469 g/mol. The molecule has 1 saturated heterocycles. The minimum absolute atomic E-state index is 0.195. The molecule has 4 aromatic rings. The largest absolute Gasteiger partial charge is 0.468 e. The highest BCUT2D eigenvalue weighted by molar-refractivity contribution is 5.90. The zero-order valence-electron chi connectivity index (χ0n) is 19.4. The molecule has 0 aliphatic carbocycles. The summed E-state index contributed by atoms with van der Waals surface area (Å²) in [6.07, 6.45) is 5.86. The summed E-state index contributed by atoms with van der Waals surface area (Å²) < 4.78 is 5.33. The van der Waals surface area contributed by atoms with E-state index >= 15 is 0 Å². The Hall–Kier alpha value is -4.16. The van der Waals surface area contributed by atoms with Crippen molar-refractivity contribution in [1.29, 1.82) is 5.26 Å². The lowest BCUT2D eigenvalue weighted by Crippen LogP contribution is -2.47. The number of rotatable bonds is 8. The topological polar surface area (TPSA) is 124 Å². The molecule has 3 N–H and O–H groups in total. The first-order valence-corrected chi connectivity index (χ1v) is 11.7. The molecule has 35 heavy (non-hydrogen) atoms. The number of hydrogen-bond acceptors (Lipinski definition) is 7. The molecular formula is C26H27N7O2. The van der Waals surface area contributed by atoms with E-state index in [0.29, 0.717) is 11.4 Å². The second kappa shape index (κ2) is 9.99. The smallest absolute Gasteiger partial charge is 0.255 e. The zero-order valence-corrected chi connectivity index (χ0v) is 19.4. The van der Waals surface area contributed by atoms with Crippen LogP contribution in [-0.4, -0.2) is 65.1 Å². The van der Waals surface area contributed by atoms with Crippen molar-refractivity contribution in [1.82, 2.24) is 19.9 Å². The van der Waals surface area contributed by atoms with Crippen LogP contribution in [0, 0.1) is 11.3 Å². The number of carbonyl (C=O) groups is 1. The molecule has 9 heteroatoms. The maximum atomic E-state index is 11.0. The van der Waals surface area contributed by atoms with Gasteiger partial charge in [0.15, 0.2) is 6.61 Å². The number of primary amides is 1. The van der Waals surface area contributed by atoms with Crippen LogP contribution in [0.3, 0.4) is 0 Å². The van der Waals surface area contributed by atoms with Crippen molar-refractivity contribution in [2.75, 3.05) is 44.2 Å². The first-order chi connectivity index (χ1) is 17.1. The van der Waals surface area contributed by atoms with Crippen molar-refractivity contribution in [3.8, 4) is 11.9 Å². The number of nitrogens with one attached hydrogen (secondary N) is 1. The minimum atomic E-state index is -0.533. The third-order valence-electron chi connectivity index (χ3n) is 6.42. The van der Waals surface area contributed by atoms with Crippen molar-refractivity contribution in [3.05, 3.63) is 59.9 Å². The highest BCUT2D eigenvalue weighted by Crippen LogP contribution is 2.26. The Morgan fingerprint density at radius 1 is 1.14 bits per heavy atom. The third kappa shape index (κ3) is 5.03. The lowest BCUT2D eigenvalue weighted by atomic mass is 10.1. The number of amides is 1. The number of aromatic amines is 1. The summed E-state index contributed by atoms with van der Waals surface area (Å²) in [6.45, 7) is 4.56. The van der Waals surface area contributed by atoms with E-state index in [1.807, 2.05) is 30.3 Å². The molecule has 9 nitrogen and oxygen atoms in total. The fraction of sp³-hybridized carbons (Fsp3) is 0.308. The van der Waals surface area contributed by atoms with Gasteiger partial charge in [-0.25, -0.2) is 9.97 Å². The van der Waals surface area contributed by atoms with Gasteiger partial charge in [-0.2, -0.15) is 5.26 Å². The number of carbonyl (C=O) groups excluding carboxylic acids is 1. The Balaban J connectivity index is 1.17. The van der Waals surface area contributed by atoms with Gasteiger partial charge in [0.25, 0.3) is 5.91 Å².